The maximum Gasteiger partial charge on any atom is 0.0959 e. The molecule has 0 N–H and O–H groups in total. The van der Waals surface area contributed by atoms with Crippen molar-refractivity contribution in [3.05, 3.63) is 17.7 Å². The minimum atomic E-state index is 0.0868. The largest absolute Gasteiger partial charge is 0.323 e. The zero-order valence-electron chi connectivity index (χ0n) is 9.68. The number of rotatable bonds is 1. The van der Waals surface area contributed by atoms with Gasteiger partial charge in [-0.3, -0.25) is 0 Å². The monoisotopic (exact) mass is 190 g/mol. The van der Waals surface area contributed by atoms with Gasteiger partial charge < -0.3 is 4.57 Å². The van der Waals surface area contributed by atoms with Crippen LogP contribution in [-0.4, -0.2) is 9.55 Å². The quantitative estimate of drug-likeness (QED) is 0.622. The highest BCUT2D eigenvalue weighted by atomic mass is 15.0. The van der Waals surface area contributed by atoms with Crippen LogP contribution in [0.25, 0.3) is 0 Å². The number of imidazole rings is 1. The third kappa shape index (κ3) is 2.92. The SMILES string of the molecule is Cc1ncn(CC#CC(C)(C)C)c1C. The summed E-state index contributed by atoms with van der Waals surface area (Å²) in [5.74, 6) is 6.38. The molecule has 0 saturated carbocycles. The predicted octanol–water partition coefficient (Wildman–Crippen LogP) is 2.55. The molecule has 1 rings (SSSR count). The highest BCUT2D eigenvalue weighted by Gasteiger charge is 2.03. The van der Waals surface area contributed by atoms with E-state index in [0.717, 1.165) is 12.2 Å². The highest BCUT2D eigenvalue weighted by molar-refractivity contribution is 5.13. The van der Waals surface area contributed by atoms with Crippen LogP contribution in [0.4, 0.5) is 0 Å². The summed E-state index contributed by atoms with van der Waals surface area (Å²) < 4.78 is 2.08. The molecule has 0 aliphatic heterocycles. The molecular weight excluding hydrogens is 172 g/mol. The van der Waals surface area contributed by atoms with Crippen LogP contribution >= 0.6 is 0 Å². The Labute approximate surface area is 86.4 Å². The molecule has 2 heteroatoms. The smallest absolute Gasteiger partial charge is 0.0959 e. The number of nitrogens with zero attached hydrogens (tertiary/aromatic N) is 2. The molecule has 0 radical (unpaired) electrons. The fourth-order valence-electron chi connectivity index (χ4n) is 1.09. The summed E-state index contributed by atoms with van der Waals surface area (Å²) in [6.45, 7) is 11.2. The summed E-state index contributed by atoms with van der Waals surface area (Å²) in [5, 5.41) is 0. The lowest BCUT2D eigenvalue weighted by atomic mass is 9.98. The van der Waals surface area contributed by atoms with Gasteiger partial charge in [-0.2, -0.15) is 0 Å². The van der Waals surface area contributed by atoms with Crippen LogP contribution in [0.3, 0.4) is 0 Å². The molecule has 1 aromatic rings. The van der Waals surface area contributed by atoms with Crippen LogP contribution in [0.1, 0.15) is 32.2 Å². The van der Waals surface area contributed by atoms with Crippen LogP contribution < -0.4 is 0 Å². The molecular formula is C12H18N2. The predicted molar refractivity (Wildman–Crippen MR) is 58.9 cm³/mol. The van der Waals surface area contributed by atoms with Gasteiger partial charge in [-0.1, -0.05) is 11.8 Å². The van der Waals surface area contributed by atoms with Crippen molar-refractivity contribution in [3.63, 3.8) is 0 Å². The van der Waals surface area contributed by atoms with Crippen molar-refractivity contribution in [2.45, 2.75) is 41.2 Å². The van der Waals surface area contributed by atoms with E-state index in [4.69, 9.17) is 0 Å². The van der Waals surface area contributed by atoms with Crippen LogP contribution in [-0.2, 0) is 6.54 Å². The maximum atomic E-state index is 4.23. The van der Waals surface area contributed by atoms with Crippen LogP contribution in [0.2, 0.25) is 0 Å². The van der Waals surface area contributed by atoms with Gasteiger partial charge in [0, 0.05) is 11.1 Å². The molecule has 0 aromatic carbocycles. The van der Waals surface area contributed by atoms with Crippen LogP contribution in [0.5, 0.6) is 0 Å². The molecule has 0 spiro atoms. The van der Waals surface area contributed by atoms with Gasteiger partial charge in [-0.15, -0.1) is 0 Å². The first kappa shape index (κ1) is 10.8. The normalized spacial score (nSPS) is 10.9. The van der Waals surface area contributed by atoms with Crippen molar-refractivity contribution in [1.82, 2.24) is 9.55 Å². The number of aryl methyl sites for hydroxylation is 1. The van der Waals surface area contributed by atoms with E-state index in [2.05, 4.69) is 49.1 Å². The Bertz CT molecular complexity index is 369. The second-order valence-electron chi connectivity index (χ2n) is 4.60. The molecule has 0 bridgehead atoms. The van der Waals surface area contributed by atoms with E-state index in [-0.39, 0.29) is 5.41 Å². The summed E-state index contributed by atoms with van der Waals surface area (Å²) in [4.78, 5) is 4.23. The molecule has 0 saturated heterocycles. The molecule has 0 fully saturated rings. The highest BCUT2D eigenvalue weighted by Crippen LogP contribution is 2.10. The molecule has 0 aliphatic carbocycles. The lowest BCUT2D eigenvalue weighted by Gasteiger charge is -2.07. The minimum absolute atomic E-state index is 0.0868. The zero-order valence-corrected chi connectivity index (χ0v) is 9.68. The Morgan fingerprint density at radius 2 is 2.00 bits per heavy atom. The van der Waals surface area contributed by atoms with E-state index in [0.29, 0.717) is 0 Å². The molecule has 0 unspecified atom stereocenters. The van der Waals surface area contributed by atoms with Crippen LogP contribution in [0, 0.1) is 31.1 Å². The second-order valence-corrected chi connectivity index (χ2v) is 4.60. The van der Waals surface area contributed by atoms with E-state index in [9.17, 15) is 0 Å². The number of aromatic nitrogens is 2. The van der Waals surface area contributed by atoms with Crippen molar-refractivity contribution < 1.29 is 0 Å². The first-order chi connectivity index (χ1) is 6.40. The molecule has 14 heavy (non-hydrogen) atoms. The Kier molecular flexibility index (Phi) is 3.00. The summed E-state index contributed by atoms with van der Waals surface area (Å²) >= 11 is 0. The van der Waals surface area contributed by atoms with Gasteiger partial charge in [0.2, 0.25) is 0 Å². The van der Waals surface area contributed by atoms with Crippen molar-refractivity contribution in [2.75, 3.05) is 0 Å². The topological polar surface area (TPSA) is 17.8 Å². The van der Waals surface area contributed by atoms with Gasteiger partial charge in [-0.05, 0) is 34.6 Å². The molecule has 0 amide bonds. The molecule has 1 heterocycles. The fourth-order valence-corrected chi connectivity index (χ4v) is 1.09. The van der Waals surface area contributed by atoms with E-state index in [1.54, 1.807) is 0 Å². The summed E-state index contributed by atoms with van der Waals surface area (Å²) in [6, 6.07) is 0. The molecule has 2 nitrogen and oxygen atoms in total. The standard InChI is InChI=1S/C12H18N2/c1-10-11(2)14(9-13-10)8-6-7-12(3,4)5/h9H,8H2,1-5H3. The number of hydrogen-bond donors (Lipinski definition) is 0. The van der Waals surface area contributed by atoms with Crippen LogP contribution in [0.15, 0.2) is 6.33 Å². The lowest BCUT2D eigenvalue weighted by Crippen LogP contribution is -2.02. The molecule has 1 aromatic heterocycles. The summed E-state index contributed by atoms with van der Waals surface area (Å²) in [5.41, 5.74) is 2.37. The fraction of sp³-hybridized carbons (Fsp3) is 0.583. The Hall–Kier alpha value is -1.23. The maximum absolute atomic E-state index is 4.23. The van der Waals surface area contributed by atoms with E-state index < -0.39 is 0 Å². The van der Waals surface area contributed by atoms with Gasteiger partial charge in [0.15, 0.2) is 0 Å². The van der Waals surface area contributed by atoms with Crippen molar-refractivity contribution >= 4 is 0 Å². The van der Waals surface area contributed by atoms with Gasteiger partial charge in [0.1, 0.15) is 0 Å². The third-order valence-corrected chi connectivity index (χ3v) is 2.06. The van der Waals surface area contributed by atoms with Gasteiger partial charge >= 0.3 is 0 Å². The van der Waals surface area contributed by atoms with E-state index in [1.165, 1.54) is 5.69 Å². The third-order valence-electron chi connectivity index (χ3n) is 2.06. The van der Waals surface area contributed by atoms with Gasteiger partial charge in [0.05, 0.1) is 18.6 Å². The molecule has 76 valence electrons. The first-order valence-electron chi connectivity index (χ1n) is 4.88. The average molecular weight is 190 g/mol. The second kappa shape index (κ2) is 3.88. The van der Waals surface area contributed by atoms with Gasteiger partial charge in [-0.25, -0.2) is 4.98 Å². The van der Waals surface area contributed by atoms with E-state index in [1.807, 2.05) is 13.3 Å². The summed E-state index contributed by atoms with van der Waals surface area (Å²) in [6.07, 6.45) is 1.85. The Morgan fingerprint density at radius 3 is 2.43 bits per heavy atom. The molecule has 0 aliphatic rings. The minimum Gasteiger partial charge on any atom is -0.323 e. The Balaban J connectivity index is 2.70. The van der Waals surface area contributed by atoms with Crippen molar-refractivity contribution in [2.24, 2.45) is 5.41 Å². The Morgan fingerprint density at radius 1 is 1.36 bits per heavy atom. The van der Waals surface area contributed by atoms with E-state index >= 15 is 0 Å². The molecule has 0 atom stereocenters. The van der Waals surface area contributed by atoms with Crippen molar-refractivity contribution in [3.8, 4) is 11.8 Å². The van der Waals surface area contributed by atoms with Crippen molar-refractivity contribution in [1.29, 1.82) is 0 Å². The first-order valence-corrected chi connectivity index (χ1v) is 4.88. The number of hydrogen-bond acceptors (Lipinski definition) is 1. The summed E-state index contributed by atoms with van der Waals surface area (Å²) in [7, 11) is 0. The zero-order chi connectivity index (χ0) is 10.8. The van der Waals surface area contributed by atoms with Gasteiger partial charge in [0.25, 0.3) is 0 Å². The lowest BCUT2D eigenvalue weighted by molar-refractivity contribution is 0.569. The average Bonchev–Trinajstić information content (AvgIpc) is 2.33.